The molecule has 1 unspecified atom stereocenters. The summed E-state index contributed by atoms with van der Waals surface area (Å²) in [6.07, 6.45) is 3.17. The van der Waals surface area contributed by atoms with E-state index < -0.39 is 6.04 Å². The number of nitrogens with zero attached hydrogens (tertiary/aromatic N) is 3. The van der Waals surface area contributed by atoms with Gasteiger partial charge in [-0.1, -0.05) is 37.1 Å². The SMILES string of the molecule is CCCCCN1C(=S)NC(c2cccc(F)c2)C(c2nc(-c3ccc(F)cc3)no2)=C1C. The number of nitrogens with one attached hydrogen (secondary N) is 1. The van der Waals surface area contributed by atoms with Gasteiger partial charge in [0.15, 0.2) is 5.11 Å². The molecule has 0 radical (unpaired) electrons. The van der Waals surface area contributed by atoms with E-state index in [1.807, 2.05) is 17.9 Å². The number of thiocarbonyl (C=S) groups is 1. The van der Waals surface area contributed by atoms with Crippen LogP contribution in [0.2, 0.25) is 0 Å². The molecule has 0 aliphatic carbocycles. The summed E-state index contributed by atoms with van der Waals surface area (Å²) in [5.74, 6) is -0.0133. The molecule has 4 rings (SSSR count). The Balaban J connectivity index is 1.77. The Labute approximate surface area is 191 Å². The molecule has 5 nitrogen and oxygen atoms in total. The van der Waals surface area contributed by atoms with Crippen molar-refractivity contribution in [1.82, 2.24) is 20.4 Å². The zero-order valence-electron chi connectivity index (χ0n) is 17.9. The fourth-order valence-electron chi connectivity index (χ4n) is 3.83. The van der Waals surface area contributed by atoms with Gasteiger partial charge in [0.2, 0.25) is 5.82 Å². The number of aromatic nitrogens is 2. The molecule has 3 aromatic rings. The van der Waals surface area contributed by atoms with Gasteiger partial charge in [-0.05, 0) is 67.5 Å². The fourth-order valence-corrected chi connectivity index (χ4v) is 4.18. The molecule has 0 spiro atoms. The van der Waals surface area contributed by atoms with Crippen LogP contribution in [0.25, 0.3) is 17.0 Å². The smallest absolute Gasteiger partial charge is 0.258 e. The van der Waals surface area contributed by atoms with E-state index in [1.165, 1.54) is 24.3 Å². The molecule has 32 heavy (non-hydrogen) atoms. The molecule has 8 heteroatoms. The summed E-state index contributed by atoms with van der Waals surface area (Å²) in [5.41, 5.74) is 2.97. The molecule has 0 saturated carbocycles. The van der Waals surface area contributed by atoms with Gasteiger partial charge < -0.3 is 14.7 Å². The second kappa shape index (κ2) is 9.56. The first kappa shape index (κ1) is 22.1. The lowest BCUT2D eigenvalue weighted by atomic mass is 9.94. The normalized spacial score (nSPS) is 16.4. The highest BCUT2D eigenvalue weighted by atomic mass is 32.1. The van der Waals surface area contributed by atoms with Crippen LogP contribution < -0.4 is 5.32 Å². The molecule has 0 amide bonds. The molecule has 2 heterocycles. The summed E-state index contributed by atoms with van der Waals surface area (Å²) in [6, 6.07) is 11.8. The maximum absolute atomic E-state index is 14.0. The molecule has 1 atom stereocenters. The number of halogens is 2. The van der Waals surface area contributed by atoms with Crippen molar-refractivity contribution >= 4 is 22.9 Å². The summed E-state index contributed by atoms with van der Waals surface area (Å²) >= 11 is 5.65. The second-order valence-corrected chi connectivity index (χ2v) is 8.11. The first-order chi connectivity index (χ1) is 15.5. The topological polar surface area (TPSA) is 54.2 Å². The molecule has 1 N–H and O–H groups in total. The van der Waals surface area contributed by atoms with E-state index >= 15 is 0 Å². The minimum absolute atomic E-state index is 0.312. The molecule has 0 saturated heterocycles. The second-order valence-electron chi connectivity index (χ2n) is 7.73. The zero-order chi connectivity index (χ0) is 22.7. The number of hydrogen-bond acceptors (Lipinski definition) is 4. The van der Waals surface area contributed by atoms with Gasteiger partial charge in [0.1, 0.15) is 11.6 Å². The predicted octanol–water partition coefficient (Wildman–Crippen LogP) is 5.87. The summed E-state index contributed by atoms with van der Waals surface area (Å²) in [4.78, 5) is 6.60. The van der Waals surface area contributed by atoms with Crippen LogP contribution in [0, 0.1) is 11.6 Å². The van der Waals surface area contributed by atoms with Gasteiger partial charge in [-0.25, -0.2) is 8.78 Å². The highest BCUT2D eigenvalue weighted by Gasteiger charge is 2.34. The van der Waals surface area contributed by atoms with E-state index in [0.717, 1.165) is 37.1 Å². The van der Waals surface area contributed by atoms with Crippen molar-refractivity contribution in [1.29, 1.82) is 0 Å². The van der Waals surface area contributed by atoms with Crippen LogP contribution in [0.1, 0.15) is 50.6 Å². The predicted molar refractivity (Wildman–Crippen MR) is 123 cm³/mol. The lowest BCUT2D eigenvalue weighted by Crippen LogP contribution is -2.46. The van der Waals surface area contributed by atoms with Crippen LogP contribution in [-0.2, 0) is 0 Å². The molecule has 166 valence electrons. The van der Waals surface area contributed by atoms with Crippen molar-refractivity contribution in [2.45, 2.75) is 39.2 Å². The quantitative estimate of drug-likeness (QED) is 0.356. The van der Waals surface area contributed by atoms with E-state index in [0.29, 0.717) is 28.0 Å². The summed E-state index contributed by atoms with van der Waals surface area (Å²) in [6.45, 7) is 4.86. The van der Waals surface area contributed by atoms with Crippen LogP contribution in [0.3, 0.4) is 0 Å². The van der Waals surface area contributed by atoms with Crippen molar-refractivity contribution in [3.05, 3.63) is 77.3 Å². The number of unbranched alkanes of at least 4 members (excludes halogenated alkanes) is 2. The van der Waals surface area contributed by atoms with Gasteiger partial charge in [0.05, 0.1) is 11.6 Å². The van der Waals surface area contributed by atoms with Crippen molar-refractivity contribution in [3.8, 4) is 11.4 Å². The van der Waals surface area contributed by atoms with Crippen molar-refractivity contribution in [2.75, 3.05) is 6.54 Å². The molecular formula is C24H24F2N4OS. The van der Waals surface area contributed by atoms with Crippen molar-refractivity contribution in [3.63, 3.8) is 0 Å². The molecule has 0 fully saturated rings. The van der Waals surface area contributed by atoms with Gasteiger partial charge in [-0.2, -0.15) is 4.98 Å². The molecule has 1 aromatic heterocycles. The minimum Gasteiger partial charge on any atom is -0.351 e. The molecule has 2 aromatic carbocycles. The summed E-state index contributed by atoms with van der Waals surface area (Å²) in [7, 11) is 0. The number of allylic oxidation sites excluding steroid dienone is 1. The van der Waals surface area contributed by atoms with E-state index in [9.17, 15) is 8.78 Å². The number of benzene rings is 2. The third-order valence-corrected chi connectivity index (χ3v) is 5.86. The first-order valence-corrected chi connectivity index (χ1v) is 11.0. The van der Waals surface area contributed by atoms with Gasteiger partial charge in [0.25, 0.3) is 5.89 Å². The van der Waals surface area contributed by atoms with E-state index in [-0.39, 0.29) is 11.6 Å². The molecular weight excluding hydrogens is 430 g/mol. The zero-order valence-corrected chi connectivity index (χ0v) is 18.8. The van der Waals surface area contributed by atoms with Crippen molar-refractivity contribution in [2.24, 2.45) is 0 Å². The summed E-state index contributed by atoms with van der Waals surface area (Å²) < 4.78 is 33.0. The van der Waals surface area contributed by atoms with E-state index in [4.69, 9.17) is 16.7 Å². The average molecular weight is 455 g/mol. The Hall–Kier alpha value is -3.13. The average Bonchev–Trinajstić information content (AvgIpc) is 3.26. The highest BCUT2D eigenvalue weighted by Crippen LogP contribution is 2.37. The summed E-state index contributed by atoms with van der Waals surface area (Å²) in [5, 5.41) is 8.00. The highest BCUT2D eigenvalue weighted by molar-refractivity contribution is 7.80. The number of hydrogen-bond donors (Lipinski definition) is 1. The van der Waals surface area contributed by atoms with Crippen LogP contribution in [0.4, 0.5) is 8.78 Å². The lowest BCUT2D eigenvalue weighted by molar-refractivity contribution is 0.395. The van der Waals surface area contributed by atoms with Crippen LogP contribution in [-0.4, -0.2) is 26.7 Å². The minimum atomic E-state index is -0.442. The van der Waals surface area contributed by atoms with E-state index in [1.54, 1.807) is 18.2 Å². The van der Waals surface area contributed by atoms with Gasteiger partial charge in [-0.3, -0.25) is 0 Å². The third-order valence-electron chi connectivity index (χ3n) is 5.52. The largest absolute Gasteiger partial charge is 0.351 e. The Morgan fingerprint density at radius 2 is 1.88 bits per heavy atom. The standard InChI is InChI=1S/C24H24F2N4OS/c1-3-4-5-13-30-15(2)20(21(27-24(30)32)17-7-6-8-19(26)14-17)23-28-22(29-31-23)16-9-11-18(25)12-10-16/h6-12,14,21H,3-5,13H2,1-2H3,(H,27,32). The van der Waals surface area contributed by atoms with Crippen LogP contribution in [0.5, 0.6) is 0 Å². The van der Waals surface area contributed by atoms with Crippen LogP contribution in [0.15, 0.2) is 58.8 Å². The third kappa shape index (κ3) is 4.55. The van der Waals surface area contributed by atoms with Gasteiger partial charge >= 0.3 is 0 Å². The maximum Gasteiger partial charge on any atom is 0.258 e. The molecule has 1 aliphatic heterocycles. The van der Waals surface area contributed by atoms with Crippen LogP contribution >= 0.6 is 12.2 Å². The Morgan fingerprint density at radius 3 is 2.59 bits per heavy atom. The lowest BCUT2D eigenvalue weighted by Gasteiger charge is -2.37. The van der Waals surface area contributed by atoms with E-state index in [2.05, 4.69) is 22.4 Å². The Kier molecular flexibility index (Phi) is 6.60. The maximum atomic E-state index is 14.0. The first-order valence-electron chi connectivity index (χ1n) is 10.6. The van der Waals surface area contributed by atoms with Gasteiger partial charge in [0, 0.05) is 17.8 Å². The Bertz CT molecular complexity index is 1140. The molecule has 0 bridgehead atoms. The Morgan fingerprint density at radius 1 is 1.09 bits per heavy atom. The molecule has 1 aliphatic rings. The number of rotatable bonds is 7. The fraction of sp³-hybridized carbons (Fsp3) is 0.292. The van der Waals surface area contributed by atoms with Gasteiger partial charge in [-0.15, -0.1) is 0 Å². The van der Waals surface area contributed by atoms with Crippen molar-refractivity contribution < 1.29 is 13.3 Å². The monoisotopic (exact) mass is 454 g/mol.